The maximum absolute atomic E-state index is 8.14. The van der Waals surface area contributed by atoms with Crippen molar-refractivity contribution in [3.8, 4) is 28.2 Å². The van der Waals surface area contributed by atoms with Crippen LogP contribution in [0.4, 0.5) is 0 Å². The first-order valence-electron chi connectivity index (χ1n) is 21.4. The van der Waals surface area contributed by atoms with Crippen LogP contribution in [-0.4, -0.2) is 19.1 Å². The maximum atomic E-state index is 8.14. The predicted molar refractivity (Wildman–Crippen MR) is 199 cm³/mol. The molecule has 4 heterocycles. The summed E-state index contributed by atoms with van der Waals surface area (Å²) in [4.78, 5) is 9.10. The van der Waals surface area contributed by atoms with Crippen molar-refractivity contribution in [3.63, 3.8) is 0 Å². The normalized spacial score (nSPS) is 18.4. The Kier molecular flexibility index (Phi) is 5.95. The zero-order valence-corrected chi connectivity index (χ0v) is 28.6. The van der Waals surface area contributed by atoms with Crippen LogP contribution in [-0.2, 0) is 27.1 Å². The minimum Gasteiger partial charge on any atom is -0.683 e. The summed E-state index contributed by atoms with van der Waals surface area (Å²) in [7, 11) is 0. The molecule has 6 nitrogen and oxygen atoms in total. The monoisotopic (exact) mass is 841 g/mol. The molecule has 5 aromatic carbocycles. The number of allylic oxidation sites excluding steroid dienone is 2. The third kappa shape index (κ3) is 6.11. The summed E-state index contributed by atoms with van der Waals surface area (Å²) in [6.45, 7) is -9.92. The molecule has 246 valence electrons. The summed E-state index contributed by atoms with van der Waals surface area (Å²) in [5, 5.41) is 5.93. The van der Waals surface area contributed by atoms with Crippen LogP contribution in [0.15, 0.2) is 138 Å². The fourth-order valence-corrected chi connectivity index (χ4v) is 5.86. The summed E-state index contributed by atoms with van der Waals surface area (Å²) >= 11 is 0. The molecule has 1 atom stereocenters. The van der Waals surface area contributed by atoms with Crippen molar-refractivity contribution in [1.82, 2.24) is 19.1 Å². The van der Waals surface area contributed by atoms with Gasteiger partial charge in [0.2, 0.25) is 0 Å². The Balaban J connectivity index is 0.000000233. The fourth-order valence-electron chi connectivity index (χ4n) is 5.86. The zero-order valence-electron chi connectivity index (χ0n) is 38.2. The van der Waals surface area contributed by atoms with Gasteiger partial charge in [0.15, 0.2) is 11.3 Å². The molecular weight excluding hydrogens is 795 g/mol. The second kappa shape index (κ2) is 13.8. The van der Waals surface area contributed by atoms with E-state index in [0.717, 1.165) is 26.5 Å². The van der Waals surface area contributed by atoms with E-state index in [1.807, 2.05) is 84.9 Å². The number of hydrogen-bond donors (Lipinski definition) is 0. The van der Waals surface area contributed by atoms with E-state index in [-0.39, 0.29) is 48.6 Å². The summed E-state index contributed by atoms with van der Waals surface area (Å²) in [5.41, 5.74) is 5.50. The van der Waals surface area contributed by atoms with Gasteiger partial charge < -0.3 is 18.9 Å². The van der Waals surface area contributed by atoms with Gasteiger partial charge in [-0.15, -0.1) is 18.2 Å². The molecule has 0 bridgehead atoms. The summed E-state index contributed by atoms with van der Waals surface area (Å²) in [6, 6.07) is 39.2. The second-order valence-electron chi connectivity index (χ2n) is 11.4. The molecule has 50 heavy (non-hydrogen) atoms. The van der Waals surface area contributed by atoms with Crippen molar-refractivity contribution >= 4 is 33.2 Å². The van der Waals surface area contributed by atoms with Crippen molar-refractivity contribution in [2.45, 2.75) is 26.6 Å². The molecule has 1 unspecified atom stereocenters. The van der Waals surface area contributed by atoms with E-state index < -0.39 is 33.4 Å². The Morgan fingerprint density at radius 1 is 0.800 bits per heavy atom. The van der Waals surface area contributed by atoms with Gasteiger partial charge in [0, 0.05) is 34.5 Å². The van der Waals surface area contributed by atoms with Gasteiger partial charge in [0.05, 0.1) is 11.4 Å². The van der Waals surface area contributed by atoms with Crippen LogP contribution in [0, 0.1) is 25.8 Å². The van der Waals surface area contributed by atoms with Gasteiger partial charge in [-0.1, -0.05) is 102 Å². The average Bonchev–Trinajstić information content (AvgIpc) is 3.91. The number of rotatable bonds is 4. The van der Waals surface area contributed by atoms with Gasteiger partial charge in [-0.2, -0.15) is 41.6 Å². The van der Waals surface area contributed by atoms with Crippen LogP contribution in [0.5, 0.6) is 0 Å². The quantitative estimate of drug-likeness (QED) is 0.166. The Morgan fingerprint density at radius 2 is 1.64 bits per heavy atom. The molecule has 0 saturated carbocycles. The van der Waals surface area contributed by atoms with Crippen LogP contribution >= 0.6 is 0 Å². The first-order chi connectivity index (χ1) is 28.8. The van der Waals surface area contributed by atoms with Gasteiger partial charge in [-0.3, -0.25) is 4.98 Å². The number of fused-ring (bicyclic) bond motifs is 4. The number of aromatic nitrogens is 4. The standard InChI is InChI=1S/C30H21N4O.C13H13N.Ir/c1-19-31-30-29(33(19)2)32-28(25-13-8-12-24-23-11-6-7-14-26(23)35-27(24)25)34(30)22-17-15-21(16-18-22)20-9-4-3-5-10-20;1-10-3-6-12(7-4-10)13-8-5-11(2)9-14-13;/h3-12,14-18H,1-2H3;3-6,8-9,13H,1-2H3;/q-1;-2;+3/i2*1D3,2D3;. The van der Waals surface area contributed by atoms with E-state index in [0.29, 0.717) is 33.8 Å². The van der Waals surface area contributed by atoms with E-state index in [2.05, 4.69) is 22.4 Å². The number of imidazole rings is 2. The van der Waals surface area contributed by atoms with Crippen molar-refractivity contribution < 1.29 is 41.0 Å². The molecule has 3 aromatic heterocycles. The average molecular weight is 841 g/mol. The molecule has 1 aliphatic heterocycles. The van der Waals surface area contributed by atoms with Gasteiger partial charge in [-0.25, -0.2) is 4.98 Å². The van der Waals surface area contributed by atoms with Gasteiger partial charge >= 0.3 is 20.1 Å². The van der Waals surface area contributed by atoms with Crippen LogP contribution in [0.2, 0.25) is 0 Å². The Hall–Kier alpha value is -5.49. The molecule has 0 saturated heterocycles. The number of hydrogen-bond acceptors (Lipinski definition) is 3. The van der Waals surface area contributed by atoms with Gasteiger partial charge in [-0.05, 0) is 43.0 Å². The molecule has 9 rings (SSSR count). The van der Waals surface area contributed by atoms with Crippen LogP contribution in [0.25, 0.3) is 66.8 Å². The van der Waals surface area contributed by atoms with Crippen molar-refractivity contribution in [3.05, 3.63) is 168 Å². The number of aryl methyl sites for hydroxylation is 3. The molecule has 1 aliphatic rings. The van der Waals surface area contributed by atoms with Gasteiger partial charge in [0.1, 0.15) is 11.4 Å². The number of para-hydroxylation sites is 1. The Labute approximate surface area is 322 Å². The molecule has 0 fully saturated rings. The van der Waals surface area contributed by atoms with E-state index in [4.69, 9.17) is 25.9 Å². The topological polar surface area (TPSA) is 62.9 Å². The fraction of sp³-hybridized carbons (Fsp3) is 0.116. The van der Waals surface area contributed by atoms with Crippen molar-refractivity contribution in [2.24, 2.45) is 6.98 Å². The van der Waals surface area contributed by atoms with Crippen molar-refractivity contribution in [2.75, 3.05) is 0 Å². The first kappa shape index (κ1) is 21.6. The van der Waals surface area contributed by atoms with Crippen LogP contribution in [0.1, 0.15) is 46.3 Å². The van der Waals surface area contributed by atoms with Gasteiger partial charge in [0.25, 0.3) is 0 Å². The zero-order chi connectivity index (χ0) is 43.5. The van der Waals surface area contributed by atoms with Crippen LogP contribution in [0.3, 0.4) is 0 Å². The minimum atomic E-state index is -2.83. The van der Waals surface area contributed by atoms with E-state index >= 15 is 0 Å². The summed E-state index contributed by atoms with van der Waals surface area (Å²) < 4.78 is 101. The molecule has 0 N–H and O–H groups in total. The Morgan fingerprint density at radius 3 is 2.38 bits per heavy atom. The second-order valence-corrected chi connectivity index (χ2v) is 11.4. The SMILES string of the molecule is [2H]C([2H])([2H])C1=C[N-]C(c2[c-]cc(C([2H])([2H])[2H])cc2)C=C1.[2H]C([2H])([2H])c1nc2c(nc(-c3[c-]ccc4c3oc3ccccc34)n2-c2ccc(-c3ccccc3)cc2)n1C([2H])([2H])[2H].[Ir+3]. The molecule has 7 heteroatoms. The van der Waals surface area contributed by atoms with E-state index in [1.165, 1.54) is 24.4 Å². The molecule has 0 radical (unpaired) electrons. The van der Waals surface area contributed by atoms with Crippen molar-refractivity contribution in [1.29, 1.82) is 0 Å². The maximum Gasteiger partial charge on any atom is 3.00 e. The summed E-state index contributed by atoms with van der Waals surface area (Å²) in [5.74, 6) is -0.225. The Bertz CT molecular complexity index is 2940. The third-order valence-corrected chi connectivity index (χ3v) is 8.25. The summed E-state index contributed by atoms with van der Waals surface area (Å²) in [6.07, 6.45) is 4.53. The molecular formula is C43H34IrN5O. The smallest absolute Gasteiger partial charge is 0.683 e. The molecule has 0 amide bonds. The largest absolute Gasteiger partial charge is 3.00 e. The van der Waals surface area contributed by atoms with E-state index in [1.54, 1.807) is 22.8 Å². The number of nitrogens with zero attached hydrogens (tertiary/aromatic N) is 5. The third-order valence-electron chi connectivity index (χ3n) is 8.25. The molecule has 8 aromatic rings. The van der Waals surface area contributed by atoms with Crippen LogP contribution < -0.4 is 0 Å². The number of benzene rings is 5. The molecule has 0 spiro atoms. The molecule has 0 aliphatic carbocycles. The minimum absolute atomic E-state index is 0. The predicted octanol–water partition coefficient (Wildman–Crippen LogP) is 10.8. The number of furan rings is 1. The first-order valence-corrected chi connectivity index (χ1v) is 15.4. The van der Waals surface area contributed by atoms with E-state index in [9.17, 15) is 0 Å².